The second-order valence-electron chi connectivity index (χ2n) is 9.88. The van der Waals surface area contributed by atoms with Gasteiger partial charge in [0.15, 0.2) is 11.5 Å². The Kier molecular flexibility index (Phi) is 9.38. The van der Waals surface area contributed by atoms with Gasteiger partial charge in [0.05, 0.1) is 11.4 Å². The predicted molar refractivity (Wildman–Crippen MR) is 152 cm³/mol. The second kappa shape index (κ2) is 13.1. The summed E-state index contributed by atoms with van der Waals surface area (Å²) in [7, 11) is 0. The summed E-state index contributed by atoms with van der Waals surface area (Å²) in [5, 5.41) is 3.62. The molecule has 0 fully saturated rings. The molecule has 0 radical (unpaired) electrons. The van der Waals surface area contributed by atoms with Crippen molar-refractivity contribution in [3.8, 4) is 11.5 Å². The van der Waals surface area contributed by atoms with Crippen LogP contribution in [0.1, 0.15) is 98.2 Å². The van der Waals surface area contributed by atoms with Gasteiger partial charge in [-0.1, -0.05) is 108 Å². The van der Waals surface area contributed by atoms with E-state index in [1.807, 2.05) is 42.5 Å². The molecule has 0 atom stereocenters. The highest BCUT2D eigenvalue weighted by molar-refractivity contribution is 5.85. The van der Waals surface area contributed by atoms with Crippen LogP contribution in [-0.4, -0.2) is 6.29 Å². The van der Waals surface area contributed by atoms with Crippen molar-refractivity contribution in [2.45, 2.75) is 77.6 Å². The van der Waals surface area contributed by atoms with Gasteiger partial charge in [0.1, 0.15) is 6.29 Å². The molecule has 4 rings (SSSR count). The minimum Gasteiger partial charge on any atom is -0.453 e. The lowest BCUT2D eigenvalue weighted by Crippen LogP contribution is -2.07. The highest BCUT2D eigenvalue weighted by Gasteiger charge is 2.21. The van der Waals surface area contributed by atoms with Gasteiger partial charge in [-0.25, -0.2) is 0 Å². The smallest absolute Gasteiger partial charge is 0.151 e. The van der Waals surface area contributed by atoms with Crippen LogP contribution < -0.4 is 10.1 Å². The van der Waals surface area contributed by atoms with Gasteiger partial charge in [0, 0.05) is 5.56 Å². The minimum atomic E-state index is 0.669. The number of rotatable bonds is 14. The fraction of sp³-hybridized carbons (Fsp3) is 0.364. The van der Waals surface area contributed by atoms with Crippen LogP contribution in [0, 0.1) is 0 Å². The number of aldehydes is 1. The van der Waals surface area contributed by atoms with E-state index in [-0.39, 0.29) is 0 Å². The van der Waals surface area contributed by atoms with E-state index >= 15 is 0 Å². The quantitative estimate of drug-likeness (QED) is 0.144. The molecule has 3 aromatic carbocycles. The van der Waals surface area contributed by atoms with Crippen molar-refractivity contribution in [2.24, 2.45) is 0 Å². The van der Waals surface area contributed by atoms with E-state index in [1.54, 1.807) is 0 Å². The number of aryl methyl sites for hydroxylation is 1. The number of carbonyl (C=O) groups is 1. The summed E-state index contributed by atoms with van der Waals surface area (Å²) in [4.78, 5) is 11.1. The molecule has 0 saturated heterocycles. The number of nitrogens with one attached hydrogen (secondary N) is 1. The zero-order valence-electron chi connectivity index (χ0n) is 21.7. The number of ether oxygens (including phenoxy) is 1. The molecule has 0 unspecified atom stereocenters. The number of fused-ring (bicyclic) bond motifs is 2. The summed E-state index contributed by atoms with van der Waals surface area (Å²) in [6.07, 6.45) is 15.1. The van der Waals surface area contributed by atoms with Crippen LogP contribution in [0.15, 0.2) is 67.2 Å². The molecule has 0 amide bonds. The van der Waals surface area contributed by atoms with E-state index in [4.69, 9.17) is 4.74 Å². The average molecular weight is 482 g/mol. The number of anilines is 2. The van der Waals surface area contributed by atoms with Crippen molar-refractivity contribution < 1.29 is 9.53 Å². The van der Waals surface area contributed by atoms with Gasteiger partial charge >= 0.3 is 0 Å². The van der Waals surface area contributed by atoms with Gasteiger partial charge in [0.25, 0.3) is 0 Å². The standard InChI is InChI=1S/C33H39NO2/c1-3-4-5-6-7-8-9-10-11-12-15-28-22-29(25(2)27-20-18-26(24-35)19-21-27)23-32-33(28)34-30-16-13-14-17-31(30)36-32/h13-14,16-24,34H,2-12,15H2,1H3. The third-order valence-corrected chi connectivity index (χ3v) is 7.09. The Bertz CT molecular complexity index is 1160. The Morgan fingerprint density at radius 1 is 0.806 bits per heavy atom. The van der Waals surface area contributed by atoms with Crippen molar-refractivity contribution in [3.63, 3.8) is 0 Å². The number of benzene rings is 3. The van der Waals surface area contributed by atoms with Crippen LogP contribution >= 0.6 is 0 Å². The topological polar surface area (TPSA) is 38.3 Å². The van der Waals surface area contributed by atoms with E-state index in [0.29, 0.717) is 5.56 Å². The molecule has 3 heteroatoms. The van der Waals surface area contributed by atoms with E-state index in [9.17, 15) is 4.79 Å². The first kappa shape index (κ1) is 25.8. The third-order valence-electron chi connectivity index (χ3n) is 7.09. The molecule has 1 aliphatic heterocycles. The molecule has 3 aromatic rings. The van der Waals surface area contributed by atoms with E-state index < -0.39 is 0 Å². The van der Waals surface area contributed by atoms with Gasteiger partial charge in [-0.2, -0.15) is 0 Å². The van der Waals surface area contributed by atoms with Gasteiger partial charge in [-0.05, 0) is 59.4 Å². The Labute approximate surface area is 216 Å². The SMILES string of the molecule is C=C(c1ccc(C=O)cc1)c1cc(CCCCCCCCCCCC)c2c(c1)Oc1ccccc1N2. The van der Waals surface area contributed by atoms with Crippen LogP contribution in [0.4, 0.5) is 11.4 Å². The van der Waals surface area contributed by atoms with Crippen molar-refractivity contribution in [2.75, 3.05) is 5.32 Å². The molecule has 1 heterocycles. The summed E-state index contributed by atoms with van der Waals surface area (Å²) in [5.41, 5.74) is 7.00. The monoisotopic (exact) mass is 481 g/mol. The predicted octanol–water partition coefficient (Wildman–Crippen LogP) is 9.87. The fourth-order valence-electron chi connectivity index (χ4n) is 4.91. The molecule has 1 aliphatic rings. The number of hydrogen-bond acceptors (Lipinski definition) is 3. The van der Waals surface area contributed by atoms with Crippen molar-refractivity contribution >= 4 is 23.2 Å². The Balaban J connectivity index is 1.44. The molecule has 188 valence electrons. The third kappa shape index (κ3) is 6.66. The van der Waals surface area contributed by atoms with Gasteiger partial charge in [0.2, 0.25) is 0 Å². The molecular formula is C33H39NO2. The summed E-state index contributed by atoms with van der Waals surface area (Å²) in [5.74, 6) is 1.69. The molecule has 36 heavy (non-hydrogen) atoms. The zero-order chi connectivity index (χ0) is 25.2. The maximum atomic E-state index is 11.1. The average Bonchev–Trinajstić information content (AvgIpc) is 2.92. The summed E-state index contributed by atoms with van der Waals surface area (Å²) < 4.78 is 6.33. The molecule has 0 saturated carbocycles. The first-order chi connectivity index (χ1) is 17.7. The van der Waals surface area contributed by atoms with Crippen LogP contribution in [-0.2, 0) is 6.42 Å². The summed E-state index contributed by atoms with van der Waals surface area (Å²) >= 11 is 0. The van der Waals surface area contributed by atoms with Gasteiger partial charge in [-0.3, -0.25) is 4.79 Å². The Hall–Kier alpha value is -3.33. The molecule has 0 aromatic heterocycles. The fourth-order valence-corrected chi connectivity index (χ4v) is 4.91. The van der Waals surface area contributed by atoms with Crippen LogP contribution in [0.3, 0.4) is 0 Å². The lowest BCUT2D eigenvalue weighted by atomic mass is 9.93. The molecule has 0 spiro atoms. The van der Waals surface area contributed by atoms with Crippen LogP contribution in [0.25, 0.3) is 5.57 Å². The first-order valence-corrected chi connectivity index (χ1v) is 13.7. The Morgan fingerprint density at radius 2 is 1.47 bits per heavy atom. The molecule has 0 bridgehead atoms. The highest BCUT2D eigenvalue weighted by atomic mass is 16.5. The van der Waals surface area contributed by atoms with Crippen LogP contribution in [0.5, 0.6) is 11.5 Å². The summed E-state index contributed by atoms with van der Waals surface area (Å²) in [6, 6.07) is 20.0. The summed E-state index contributed by atoms with van der Waals surface area (Å²) in [6.45, 7) is 6.65. The molecular weight excluding hydrogens is 442 g/mol. The van der Waals surface area contributed by atoms with Gasteiger partial charge < -0.3 is 10.1 Å². The largest absolute Gasteiger partial charge is 0.453 e. The van der Waals surface area contributed by atoms with Crippen LogP contribution in [0.2, 0.25) is 0 Å². The number of para-hydroxylation sites is 2. The lowest BCUT2D eigenvalue weighted by molar-refractivity contribution is 0.112. The molecule has 1 N–H and O–H groups in total. The highest BCUT2D eigenvalue weighted by Crippen LogP contribution is 2.45. The number of carbonyl (C=O) groups excluding carboxylic acids is 1. The minimum absolute atomic E-state index is 0.669. The van der Waals surface area contributed by atoms with Crippen molar-refractivity contribution in [1.29, 1.82) is 0 Å². The van der Waals surface area contributed by atoms with E-state index in [0.717, 1.165) is 58.7 Å². The maximum absolute atomic E-state index is 11.1. The number of unbranched alkanes of at least 4 members (excludes halogenated alkanes) is 9. The van der Waals surface area contributed by atoms with Gasteiger partial charge in [-0.15, -0.1) is 0 Å². The molecule has 3 nitrogen and oxygen atoms in total. The normalized spacial score (nSPS) is 11.7. The number of hydrogen-bond donors (Lipinski definition) is 1. The zero-order valence-corrected chi connectivity index (χ0v) is 21.7. The second-order valence-corrected chi connectivity index (χ2v) is 9.88. The van der Waals surface area contributed by atoms with Crippen molar-refractivity contribution in [1.82, 2.24) is 0 Å². The van der Waals surface area contributed by atoms with E-state index in [1.165, 1.54) is 63.4 Å². The maximum Gasteiger partial charge on any atom is 0.151 e. The van der Waals surface area contributed by atoms with Crippen molar-refractivity contribution in [3.05, 3.63) is 89.5 Å². The Morgan fingerprint density at radius 3 is 2.17 bits per heavy atom. The van der Waals surface area contributed by atoms with E-state index in [2.05, 4.69) is 37.0 Å². The lowest BCUT2D eigenvalue weighted by Gasteiger charge is -2.25. The molecule has 0 aliphatic carbocycles. The first-order valence-electron chi connectivity index (χ1n) is 13.7.